The highest BCUT2D eigenvalue weighted by Gasteiger charge is 2.35. The maximum absolute atomic E-state index is 14.3. The maximum Gasteiger partial charge on any atom is 0.419 e. The molecule has 0 aliphatic carbocycles. The van der Waals surface area contributed by atoms with Gasteiger partial charge in [0.05, 0.1) is 16.9 Å². The average molecular weight is 472 g/mol. The van der Waals surface area contributed by atoms with E-state index >= 15 is 0 Å². The highest BCUT2D eigenvalue weighted by atomic mass is 32.1. The molecule has 4 rings (SSSR count). The van der Waals surface area contributed by atoms with Gasteiger partial charge in [0.2, 0.25) is 0 Å². The number of nitrogens with zero attached hydrogens (tertiary/aromatic N) is 2. The second kappa shape index (κ2) is 8.99. The molecule has 0 unspecified atom stereocenters. The van der Waals surface area contributed by atoms with Gasteiger partial charge in [-0.2, -0.15) is 13.2 Å². The molecule has 2 N–H and O–H groups in total. The SMILES string of the molecule is Cc1ccc(C(=O)Nc2cccc(C(F)(F)F)c2F)cc1Nc1nc(-c2cccnc2)cs1. The minimum Gasteiger partial charge on any atom is -0.331 e. The third kappa shape index (κ3) is 5.01. The number of pyridine rings is 1. The van der Waals surface area contributed by atoms with Crippen LogP contribution >= 0.6 is 11.3 Å². The zero-order valence-electron chi connectivity index (χ0n) is 17.1. The molecule has 0 saturated carbocycles. The molecule has 0 spiro atoms. The van der Waals surface area contributed by atoms with Crippen molar-refractivity contribution in [1.29, 1.82) is 0 Å². The van der Waals surface area contributed by atoms with Gasteiger partial charge >= 0.3 is 6.18 Å². The van der Waals surface area contributed by atoms with Crippen LogP contribution in [0.1, 0.15) is 21.5 Å². The van der Waals surface area contributed by atoms with Crippen LogP contribution in [-0.4, -0.2) is 15.9 Å². The molecule has 10 heteroatoms. The summed E-state index contributed by atoms with van der Waals surface area (Å²) in [5.74, 6) is -2.28. The summed E-state index contributed by atoms with van der Waals surface area (Å²) in [5, 5.41) is 7.80. The Labute approximate surface area is 190 Å². The van der Waals surface area contributed by atoms with Crippen molar-refractivity contribution in [3.8, 4) is 11.3 Å². The van der Waals surface area contributed by atoms with Crippen LogP contribution in [0.25, 0.3) is 11.3 Å². The average Bonchev–Trinajstić information content (AvgIpc) is 3.25. The quantitative estimate of drug-likeness (QED) is 0.319. The van der Waals surface area contributed by atoms with Crippen molar-refractivity contribution in [3.05, 3.63) is 88.8 Å². The molecule has 2 aromatic carbocycles. The Balaban J connectivity index is 1.54. The highest BCUT2D eigenvalue weighted by molar-refractivity contribution is 7.14. The highest BCUT2D eigenvalue weighted by Crippen LogP contribution is 2.34. The number of rotatable bonds is 5. The number of aryl methyl sites for hydroxylation is 1. The number of carbonyl (C=O) groups excluding carboxylic acids is 1. The van der Waals surface area contributed by atoms with Crippen LogP contribution in [0.4, 0.5) is 34.1 Å². The van der Waals surface area contributed by atoms with Gasteiger partial charge in [-0.1, -0.05) is 12.1 Å². The number of anilines is 3. The van der Waals surface area contributed by atoms with Crippen LogP contribution in [0, 0.1) is 12.7 Å². The first kappa shape index (κ1) is 22.4. The standard InChI is InChI=1S/C23H16F4N4OS/c1-13-7-8-14(21(32)29-17-6-2-5-16(20(17)24)23(25,26)27)10-18(13)30-22-31-19(12-33-22)15-4-3-9-28-11-15/h2-12H,1H3,(H,29,32)(H,30,31). The molecular formula is C23H16F4N4OS. The maximum atomic E-state index is 14.3. The third-order valence-corrected chi connectivity index (χ3v) is 5.51. The minimum absolute atomic E-state index is 0.143. The lowest BCUT2D eigenvalue weighted by Crippen LogP contribution is -2.16. The van der Waals surface area contributed by atoms with Crippen molar-refractivity contribution < 1.29 is 22.4 Å². The molecular weight excluding hydrogens is 456 g/mol. The third-order valence-electron chi connectivity index (χ3n) is 4.76. The van der Waals surface area contributed by atoms with Crippen LogP contribution in [0.15, 0.2) is 66.3 Å². The molecule has 1 amide bonds. The number of thiazole rings is 1. The van der Waals surface area contributed by atoms with E-state index in [1.165, 1.54) is 23.5 Å². The summed E-state index contributed by atoms with van der Waals surface area (Å²) in [4.78, 5) is 21.2. The Morgan fingerprint density at radius 3 is 2.61 bits per heavy atom. The largest absolute Gasteiger partial charge is 0.419 e. The number of alkyl halides is 3. The fourth-order valence-electron chi connectivity index (χ4n) is 3.03. The van der Waals surface area contributed by atoms with Gasteiger partial charge < -0.3 is 10.6 Å². The number of carbonyl (C=O) groups is 1. The van der Waals surface area contributed by atoms with Gasteiger partial charge in [-0.25, -0.2) is 9.37 Å². The number of amides is 1. The Morgan fingerprint density at radius 1 is 1.06 bits per heavy atom. The van der Waals surface area contributed by atoms with E-state index in [-0.39, 0.29) is 5.56 Å². The number of hydrogen-bond acceptors (Lipinski definition) is 5. The lowest BCUT2D eigenvalue weighted by Gasteiger charge is -2.13. The molecule has 0 aliphatic heterocycles. The fourth-order valence-corrected chi connectivity index (χ4v) is 3.77. The summed E-state index contributed by atoms with van der Waals surface area (Å²) in [5.41, 5.74) is 1.14. The first-order valence-corrected chi connectivity index (χ1v) is 10.5. The Morgan fingerprint density at radius 2 is 1.88 bits per heavy atom. The summed E-state index contributed by atoms with van der Waals surface area (Å²) >= 11 is 1.36. The second-order valence-corrected chi connectivity index (χ2v) is 7.91. The lowest BCUT2D eigenvalue weighted by molar-refractivity contribution is -0.139. The summed E-state index contributed by atoms with van der Waals surface area (Å²) in [6, 6.07) is 11.1. The molecule has 33 heavy (non-hydrogen) atoms. The fraction of sp³-hybridized carbons (Fsp3) is 0.0870. The first-order valence-electron chi connectivity index (χ1n) is 9.63. The number of halogens is 4. The molecule has 2 heterocycles. The van der Waals surface area contributed by atoms with Gasteiger partial charge in [0.25, 0.3) is 5.91 Å². The molecule has 0 bridgehead atoms. The van der Waals surface area contributed by atoms with Crippen molar-refractivity contribution in [2.75, 3.05) is 10.6 Å². The molecule has 4 aromatic rings. The van der Waals surface area contributed by atoms with E-state index in [0.717, 1.165) is 29.0 Å². The minimum atomic E-state index is -4.87. The van der Waals surface area contributed by atoms with Crippen LogP contribution in [0.3, 0.4) is 0 Å². The topological polar surface area (TPSA) is 66.9 Å². The van der Waals surface area contributed by atoms with Crippen molar-refractivity contribution in [2.45, 2.75) is 13.1 Å². The Hall–Kier alpha value is -3.79. The van der Waals surface area contributed by atoms with E-state index in [9.17, 15) is 22.4 Å². The number of benzene rings is 2. The summed E-state index contributed by atoms with van der Waals surface area (Å²) in [6.07, 6.45) is -1.50. The molecule has 5 nitrogen and oxygen atoms in total. The van der Waals surface area contributed by atoms with Crippen molar-refractivity contribution >= 4 is 33.8 Å². The summed E-state index contributed by atoms with van der Waals surface area (Å²) in [6.45, 7) is 1.83. The van der Waals surface area contributed by atoms with Crippen LogP contribution < -0.4 is 10.6 Å². The molecule has 2 aromatic heterocycles. The van der Waals surface area contributed by atoms with E-state index in [1.54, 1.807) is 24.5 Å². The normalized spacial score (nSPS) is 11.3. The van der Waals surface area contributed by atoms with E-state index in [2.05, 4.69) is 20.6 Å². The van der Waals surface area contributed by atoms with Crippen molar-refractivity contribution in [2.24, 2.45) is 0 Å². The summed E-state index contributed by atoms with van der Waals surface area (Å²) < 4.78 is 53.1. The van der Waals surface area contributed by atoms with Gasteiger partial charge in [-0.3, -0.25) is 9.78 Å². The van der Waals surface area contributed by atoms with Gasteiger partial charge in [-0.05, 0) is 48.9 Å². The molecule has 0 radical (unpaired) electrons. The predicted molar refractivity (Wildman–Crippen MR) is 119 cm³/mol. The zero-order chi connectivity index (χ0) is 23.6. The Kier molecular flexibility index (Phi) is 6.10. The smallest absolute Gasteiger partial charge is 0.331 e. The first-order chi connectivity index (χ1) is 15.7. The van der Waals surface area contributed by atoms with Gasteiger partial charge in [0.1, 0.15) is 0 Å². The number of nitrogens with one attached hydrogen (secondary N) is 2. The van der Waals surface area contributed by atoms with Gasteiger partial charge in [0, 0.05) is 34.6 Å². The number of aromatic nitrogens is 2. The van der Waals surface area contributed by atoms with Crippen LogP contribution in [0.5, 0.6) is 0 Å². The molecule has 168 valence electrons. The molecule has 0 fully saturated rings. The molecule has 0 saturated heterocycles. The van der Waals surface area contributed by atoms with E-state index in [1.807, 2.05) is 18.4 Å². The second-order valence-electron chi connectivity index (χ2n) is 7.05. The van der Waals surface area contributed by atoms with Gasteiger partial charge in [-0.15, -0.1) is 11.3 Å². The molecule has 0 aliphatic rings. The zero-order valence-corrected chi connectivity index (χ0v) is 17.9. The van der Waals surface area contributed by atoms with E-state index < -0.39 is 29.2 Å². The van der Waals surface area contributed by atoms with E-state index in [4.69, 9.17) is 0 Å². The predicted octanol–water partition coefficient (Wildman–Crippen LogP) is 6.67. The van der Waals surface area contributed by atoms with Crippen LogP contribution in [0.2, 0.25) is 0 Å². The monoisotopic (exact) mass is 472 g/mol. The van der Waals surface area contributed by atoms with Crippen LogP contribution in [-0.2, 0) is 6.18 Å². The summed E-state index contributed by atoms with van der Waals surface area (Å²) in [7, 11) is 0. The number of hydrogen-bond donors (Lipinski definition) is 2. The van der Waals surface area contributed by atoms with Crippen molar-refractivity contribution in [1.82, 2.24) is 9.97 Å². The van der Waals surface area contributed by atoms with Gasteiger partial charge in [0.15, 0.2) is 10.9 Å². The van der Waals surface area contributed by atoms with E-state index in [0.29, 0.717) is 16.9 Å². The Bertz CT molecular complexity index is 1310. The molecule has 0 atom stereocenters. The van der Waals surface area contributed by atoms with Crippen molar-refractivity contribution in [3.63, 3.8) is 0 Å². The lowest BCUT2D eigenvalue weighted by atomic mass is 10.1.